The molecule has 1 aromatic rings. The number of aromatic nitrogens is 1. The summed E-state index contributed by atoms with van der Waals surface area (Å²) in [5.41, 5.74) is -0.760. The van der Waals surface area contributed by atoms with E-state index in [0.717, 1.165) is 6.07 Å². The second-order valence-electron chi connectivity index (χ2n) is 2.03. The molecule has 0 aliphatic heterocycles. The Morgan fingerprint density at radius 2 is 2.23 bits per heavy atom. The first kappa shape index (κ1) is 10.1. The van der Waals surface area contributed by atoms with Crippen LogP contribution in [0.1, 0.15) is 10.5 Å². The first-order chi connectivity index (χ1) is 6.02. The van der Waals surface area contributed by atoms with Gasteiger partial charge in [-0.05, 0) is 33.6 Å². The van der Waals surface area contributed by atoms with E-state index in [0.29, 0.717) is 4.60 Å². The molecule has 0 saturated heterocycles. The molecule has 13 heavy (non-hydrogen) atoms. The molecule has 68 valence electrons. The Bertz CT molecular complexity index is 382. The lowest BCUT2D eigenvalue weighted by Crippen LogP contribution is -2.01. The summed E-state index contributed by atoms with van der Waals surface area (Å²) in [7, 11) is 0. The lowest BCUT2D eigenvalue weighted by atomic mass is 10.3. The third kappa shape index (κ3) is 2.22. The van der Waals surface area contributed by atoms with Crippen LogP contribution in [0.15, 0.2) is 16.7 Å². The third-order valence-electron chi connectivity index (χ3n) is 1.22. The minimum atomic E-state index is -0.951. The van der Waals surface area contributed by atoms with Gasteiger partial charge in [-0.2, -0.15) is 0 Å². The van der Waals surface area contributed by atoms with Crippen molar-refractivity contribution in [2.45, 2.75) is 0 Å². The van der Waals surface area contributed by atoms with Gasteiger partial charge in [-0.15, -0.1) is 0 Å². The molecule has 5 nitrogen and oxygen atoms in total. The second kappa shape index (κ2) is 3.80. The molecule has 1 aromatic heterocycles. The normalized spacial score (nSPS) is 9.69. The average molecular weight is 265 g/mol. The van der Waals surface area contributed by atoms with Gasteiger partial charge in [0.15, 0.2) is 0 Å². The SMILES string of the molecule is O=C(Cl)c1nc(Br)ccc1[N+](=O)[O-]. The molecule has 1 heterocycles. The van der Waals surface area contributed by atoms with E-state index in [1.807, 2.05) is 0 Å². The smallest absolute Gasteiger partial charge is 0.274 e. The molecule has 0 N–H and O–H groups in total. The van der Waals surface area contributed by atoms with Gasteiger partial charge in [-0.1, -0.05) is 0 Å². The summed E-state index contributed by atoms with van der Waals surface area (Å²) >= 11 is 8.07. The van der Waals surface area contributed by atoms with Crippen LogP contribution in [0.4, 0.5) is 5.69 Å². The highest BCUT2D eigenvalue weighted by Crippen LogP contribution is 2.20. The zero-order valence-corrected chi connectivity index (χ0v) is 8.37. The van der Waals surface area contributed by atoms with E-state index in [1.54, 1.807) is 0 Å². The molecular weight excluding hydrogens is 263 g/mol. The first-order valence-electron chi connectivity index (χ1n) is 3.03. The fourth-order valence-electron chi connectivity index (χ4n) is 0.720. The minimum Gasteiger partial charge on any atom is -0.274 e. The molecule has 0 fully saturated rings. The molecular formula is C6H2BrClN2O3. The maximum Gasteiger partial charge on any atom is 0.300 e. The fourth-order valence-corrected chi connectivity index (χ4v) is 1.17. The summed E-state index contributed by atoms with van der Waals surface area (Å²) in [6.07, 6.45) is 0. The van der Waals surface area contributed by atoms with Crippen molar-refractivity contribution >= 4 is 38.5 Å². The van der Waals surface area contributed by atoms with Gasteiger partial charge in [0, 0.05) is 6.07 Å². The quantitative estimate of drug-likeness (QED) is 0.355. The summed E-state index contributed by atoms with van der Waals surface area (Å²) in [5.74, 6) is 0. The number of nitro groups is 1. The molecule has 0 unspecified atom stereocenters. The van der Waals surface area contributed by atoms with E-state index in [1.165, 1.54) is 6.07 Å². The summed E-state index contributed by atoms with van der Waals surface area (Å²) in [4.78, 5) is 24.0. The van der Waals surface area contributed by atoms with E-state index in [-0.39, 0.29) is 5.69 Å². The average Bonchev–Trinajstić information content (AvgIpc) is 2.03. The predicted molar refractivity (Wildman–Crippen MR) is 48.8 cm³/mol. The van der Waals surface area contributed by atoms with Crippen molar-refractivity contribution in [1.29, 1.82) is 0 Å². The molecule has 0 saturated carbocycles. The van der Waals surface area contributed by atoms with Crippen molar-refractivity contribution < 1.29 is 9.72 Å². The van der Waals surface area contributed by atoms with Gasteiger partial charge in [-0.3, -0.25) is 14.9 Å². The largest absolute Gasteiger partial charge is 0.300 e. The highest BCUT2D eigenvalue weighted by molar-refractivity contribution is 9.10. The first-order valence-corrected chi connectivity index (χ1v) is 4.20. The number of hydrogen-bond acceptors (Lipinski definition) is 4. The fraction of sp³-hybridized carbons (Fsp3) is 0. The standard InChI is InChI=1S/C6H2BrClN2O3/c7-4-2-1-3(10(12)13)5(9-4)6(8)11/h1-2H. The van der Waals surface area contributed by atoms with Crippen LogP contribution in [0.25, 0.3) is 0 Å². The van der Waals surface area contributed by atoms with Crippen LogP contribution in [-0.2, 0) is 0 Å². The van der Waals surface area contributed by atoms with Crippen molar-refractivity contribution in [3.63, 3.8) is 0 Å². The van der Waals surface area contributed by atoms with Gasteiger partial charge < -0.3 is 0 Å². The molecule has 0 radical (unpaired) electrons. The monoisotopic (exact) mass is 264 g/mol. The van der Waals surface area contributed by atoms with Gasteiger partial charge in [-0.25, -0.2) is 4.98 Å². The van der Waals surface area contributed by atoms with Crippen molar-refractivity contribution in [2.24, 2.45) is 0 Å². The Balaban J connectivity index is 3.35. The van der Waals surface area contributed by atoms with Crippen molar-refractivity contribution in [2.75, 3.05) is 0 Å². The molecule has 0 spiro atoms. The zero-order valence-electron chi connectivity index (χ0n) is 6.03. The topological polar surface area (TPSA) is 73.1 Å². The molecule has 0 aliphatic rings. The van der Waals surface area contributed by atoms with Gasteiger partial charge in [0.05, 0.1) is 4.92 Å². The number of nitrogens with zero attached hydrogens (tertiary/aromatic N) is 2. The number of pyridine rings is 1. The highest BCUT2D eigenvalue weighted by Gasteiger charge is 2.20. The van der Waals surface area contributed by atoms with Gasteiger partial charge in [0.25, 0.3) is 10.9 Å². The minimum absolute atomic E-state index is 0.321. The number of halogens is 2. The maximum absolute atomic E-state index is 10.7. The van der Waals surface area contributed by atoms with E-state index in [9.17, 15) is 14.9 Å². The van der Waals surface area contributed by atoms with E-state index in [2.05, 4.69) is 20.9 Å². The number of carbonyl (C=O) groups is 1. The molecule has 1 rings (SSSR count). The Kier molecular flexibility index (Phi) is 2.94. The number of rotatable bonds is 2. The van der Waals surface area contributed by atoms with Crippen LogP contribution in [0.2, 0.25) is 0 Å². The molecule has 0 amide bonds. The molecule has 7 heteroatoms. The van der Waals surface area contributed by atoms with E-state index >= 15 is 0 Å². The van der Waals surface area contributed by atoms with Gasteiger partial charge in [0.2, 0.25) is 5.69 Å². The third-order valence-corrected chi connectivity index (χ3v) is 1.84. The van der Waals surface area contributed by atoms with Crippen LogP contribution in [0.3, 0.4) is 0 Å². The summed E-state index contributed by atoms with van der Waals surface area (Å²) in [5, 5.41) is 9.43. The zero-order chi connectivity index (χ0) is 10.0. The summed E-state index contributed by atoms with van der Waals surface area (Å²) in [6, 6.07) is 2.52. The molecule has 0 atom stereocenters. The van der Waals surface area contributed by atoms with Crippen molar-refractivity contribution in [1.82, 2.24) is 4.98 Å². The Morgan fingerprint density at radius 3 is 2.69 bits per heavy atom. The van der Waals surface area contributed by atoms with Crippen LogP contribution in [0.5, 0.6) is 0 Å². The number of hydrogen-bond donors (Lipinski definition) is 0. The molecule has 0 aromatic carbocycles. The van der Waals surface area contributed by atoms with Crippen LogP contribution < -0.4 is 0 Å². The Labute approximate surface area is 86.0 Å². The second-order valence-corrected chi connectivity index (χ2v) is 3.19. The maximum atomic E-state index is 10.7. The lowest BCUT2D eigenvalue weighted by molar-refractivity contribution is -0.385. The van der Waals surface area contributed by atoms with Gasteiger partial charge >= 0.3 is 0 Å². The predicted octanol–water partition coefficient (Wildman–Crippen LogP) is 2.13. The van der Waals surface area contributed by atoms with E-state index < -0.39 is 15.9 Å². The molecule has 0 bridgehead atoms. The van der Waals surface area contributed by atoms with Gasteiger partial charge in [0.1, 0.15) is 4.60 Å². The van der Waals surface area contributed by atoms with Crippen LogP contribution >= 0.6 is 27.5 Å². The summed E-state index contributed by atoms with van der Waals surface area (Å²) in [6.45, 7) is 0. The summed E-state index contributed by atoms with van der Waals surface area (Å²) < 4.78 is 0.321. The Morgan fingerprint density at radius 1 is 1.62 bits per heavy atom. The molecule has 0 aliphatic carbocycles. The highest BCUT2D eigenvalue weighted by atomic mass is 79.9. The van der Waals surface area contributed by atoms with Crippen LogP contribution in [0, 0.1) is 10.1 Å². The number of carbonyl (C=O) groups excluding carboxylic acids is 1. The van der Waals surface area contributed by atoms with E-state index in [4.69, 9.17) is 11.6 Å². The van der Waals surface area contributed by atoms with Crippen molar-refractivity contribution in [3.8, 4) is 0 Å². The van der Waals surface area contributed by atoms with Crippen LogP contribution in [-0.4, -0.2) is 15.1 Å². The Hall–Kier alpha value is -1.01. The van der Waals surface area contributed by atoms with Crippen molar-refractivity contribution in [3.05, 3.63) is 32.5 Å². The lowest BCUT2D eigenvalue weighted by Gasteiger charge is -1.96.